The van der Waals surface area contributed by atoms with Gasteiger partial charge in [-0.2, -0.15) is 0 Å². The topological polar surface area (TPSA) is 78.4 Å². The van der Waals surface area contributed by atoms with E-state index in [-0.39, 0.29) is 12.3 Å². The van der Waals surface area contributed by atoms with Crippen LogP contribution in [0.5, 0.6) is 0 Å². The van der Waals surface area contributed by atoms with Crippen LogP contribution in [0.2, 0.25) is 0 Å². The Morgan fingerprint density at radius 2 is 2.17 bits per heavy atom. The number of rotatable bonds is 5. The molecule has 0 bridgehead atoms. The summed E-state index contributed by atoms with van der Waals surface area (Å²) in [7, 11) is 0. The summed E-state index contributed by atoms with van der Waals surface area (Å²) in [6.45, 7) is 0.755. The maximum atomic E-state index is 10.7. The molecule has 2 aromatic rings. The maximum absolute atomic E-state index is 10.7. The fourth-order valence-corrected chi connectivity index (χ4v) is 2.13. The van der Waals surface area contributed by atoms with Crippen molar-refractivity contribution >= 4 is 22.7 Å². The van der Waals surface area contributed by atoms with Gasteiger partial charge < -0.3 is 10.5 Å². The molecule has 0 aliphatic heterocycles. The molecule has 0 fully saturated rings. The zero-order valence-electron chi connectivity index (χ0n) is 9.54. The molecule has 1 aromatic carbocycles. The minimum atomic E-state index is -0.442. The van der Waals surface area contributed by atoms with Gasteiger partial charge in [-0.25, -0.2) is 0 Å². The molecule has 0 saturated carbocycles. The first-order valence-electron chi connectivity index (χ1n) is 5.30. The third kappa shape index (κ3) is 3.06. The van der Waals surface area contributed by atoms with E-state index >= 15 is 0 Å². The summed E-state index contributed by atoms with van der Waals surface area (Å²) in [5.74, 6) is 0. The van der Waals surface area contributed by atoms with Gasteiger partial charge in [0.25, 0.3) is 5.69 Å². The highest BCUT2D eigenvalue weighted by Crippen LogP contribution is 2.21. The van der Waals surface area contributed by atoms with E-state index in [1.54, 1.807) is 11.3 Å². The first kappa shape index (κ1) is 12.5. The van der Waals surface area contributed by atoms with Gasteiger partial charge in [-0.15, -0.1) is 11.3 Å². The number of hydrogen-bond acceptors (Lipinski definition) is 5. The van der Waals surface area contributed by atoms with Gasteiger partial charge in [-0.3, -0.25) is 10.1 Å². The smallest absolute Gasteiger partial charge is 0.269 e. The Morgan fingerprint density at radius 1 is 1.33 bits per heavy atom. The summed E-state index contributed by atoms with van der Waals surface area (Å²) in [4.78, 5) is 11.3. The average Bonchev–Trinajstić information content (AvgIpc) is 2.84. The fraction of sp³-hybridized carbons (Fsp3) is 0.167. The van der Waals surface area contributed by atoms with Gasteiger partial charge in [0.15, 0.2) is 0 Å². The fourth-order valence-electron chi connectivity index (χ4n) is 1.49. The monoisotopic (exact) mass is 264 g/mol. The molecular formula is C12H12N2O3S. The Hall–Kier alpha value is -1.92. The van der Waals surface area contributed by atoms with Crippen molar-refractivity contribution in [1.82, 2.24) is 0 Å². The first-order valence-corrected chi connectivity index (χ1v) is 6.17. The van der Waals surface area contributed by atoms with E-state index in [0.29, 0.717) is 17.9 Å². The van der Waals surface area contributed by atoms with E-state index in [1.807, 2.05) is 17.5 Å². The van der Waals surface area contributed by atoms with Crippen molar-refractivity contribution in [3.05, 3.63) is 56.3 Å². The number of non-ortho nitro benzene ring substituents is 1. The first-order chi connectivity index (χ1) is 8.66. The van der Waals surface area contributed by atoms with Gasteiger partial charge in [0.2, 0.25) is 0 Å². The number of thiophene rings is 1. The lowest BCUT2D eigenvalue weighted by atomic mass is 10.2. The Labute approximate surface area is 108 Å². The molecule has 1 aromatic heterocycles. The van der Waals surface area contributed by atoms with Crippen molar-refractivity contribution in [3.63, 3.8) is 0 Å². The summed E-state index contributed by atoms with van der Waals surface area (Å²) in [5.41, 5.74) is 6.92. The Balaban J connectivity index is 2.00. The standard InChI is InChI=1S/C12H12N2O3S/c13-12-4-3-10(14(15)16)6-9(12)7-17-8-11-2-1-5-18-11/h1-6H,7-8,13H2. The van der Waals surface area contributed by atoms with Gasteiger partial charge in [-0.05, 0) is 17.5 Å². The minimum Gasteiger partial charge on any atom is -0.398 e. The maximum Gasteiger partial charge on any atom is 0.269 e. The summed E-state index contributed by atoms with van der Waals surface area (Å²) >= 11 is 1.61. The molecule has 0 aliphatic rings. The van der Waals surface area contributed by atoms with E-state index in [1.165, 1.54) is 18.2 Å². The second kappa shape index (κ2) is 5.61. The van der Waals surface area contributed by atoms with Crippen LogP contribution in [0.4, 0.5) is 11.4 Å². The molecule has 0 saturated heterocycles. The van der Waals surface area contributed by atoms with Crippen LogP contribution >= 0.6 is 11.3 Å². The molecule has 0 atom stereocenters. The molecule has 0 spiro atoms. The number of hydrogen-bond donors (Lipinski definition) is 1. The van der Waals surface area contributed by atoms with Crippen LogP contribution in [0, 0.1) is 10.1 Å². The van der Waals surface area contributed by atoms with Crippen molar-refractivity contribution < 1.29 is 9.66 Å². The zero-order valence-corrected chi connectivity index (χ0v) is 10.4. The number of benzene rings is 1. The largest absolute Gasteiger partial charge is 0.398 e. The van der Waals surface area contributed by atoms with Gasteiger partial charge in [0.1, 0.15) is 0 Å². The normalized spacial score (nSPS) is 10.4. The van der Waals surface area contributed by atoms with Crippen LogP contribution in [0.25, 0.3) is 0 Å². The highest BCUT2D eigenvalue weighted by Gasteiger charge is 2.09. The zero-order chi connectivity index (χ0) is 13.0. The second-order valence-electron chi connectivity index (χ2n) is 3.71. The van der Waals surface area contributed by atoms with E-state index in [9.17, 15) is 10.1 Å². The number of nitrogens with two attached hydrogens (primary N) is 1. The SMILES string of the molecule is Nc1ccc([N+](=O)[O-])cc1COCc1cccs1. The molecule has 2 rings (SSSR count). The predicted octanol–water partition coefficient (Wildman–Crippen LogP) is 2.96. The number of nitro benzene ring substituents is 1. The third-order valence-electron chi connectivity index (χ3n) is 2.42. The van der Waals surface area contributed by atoms with E-state index in [4.69, 9.17) is 10.5 Å². The van der Waals surface area contributed by atoms with Crippen LogP contribution in [0.15, 0.2) is 35.7 Å². The van der Waals surface area contributed by atoms with Crippen LogP contribution in [-0.2, 0) is 18.0 Å². The van der Waals surface area contributed by atoms with Crippen molar-refractivity contribution in [2.75, 3.05) is 5.73 Å². The number of nitro groups is 1. The predicted molar refractivity (Wildman–Crippen MR) is 70.3 cm³/mol. The van der Waals surface area contributed by atoms with Crippen LogP contribution in [0.3, 0.4) is 0 Å². The molecule has 2 N–H and O–H groups in total. The van der Waals surface area contributed by atoms with Crippen molar-refractivity contribution in [3.8, 4) is 0 Å². The molecular weight excluding hydrogens is 252 g/mol. The molecule has 5 nitrogen and oxygen atoms in total. The molecule has 1 heterocycles. The van der Waals surface area contributed by atoms with Crippen LogP contribution in [0.1, 0.15) is 10.4 Å². The van der Waals surface area contributed by atoms with Gasteiger partial charge in [0, 0.05) is 28.3 Å². The van der Waals surface area contributed by atoms with E-state index < -0.39 is 4.92 Å². The molecule has 6 heteroatoms. The summed E-state index contributed by atoms with van der Waals surface area (Å²) < 4.78 is 5.49. The minimum absolute atomic E-state index is 0.0268. The summed E-state index contributed by atoms with van der Waals surface area (Å²) in [6.07, 6.45) is 0. The van der Waals surface area contributed by atoms with Crippen molar-refractivity contribution in [1.29, 1.82) is 0 Å². The molecule has 94 valence electrons. The second-order valence-corrected chi connectivity index (χ2v) is 4.74. The number of ether oxygens (including phenoxy) is 1. The quantitative estimate of drug-likeness (QED) is 0.511. The molecule has 0 radical (unpaired) electrons. The number of anilines is 1. The Bertz CT molecular complexity index is 540. The van der Waals surface area contributed by atoms with Gasteiger partial charge >= 0.3 is 0 Å². The third-order valence-corrected chi connectivity index (χ3v) is 3.27. The van der Waals surface area contributed by atoms with E-state index in [0.717, 1.165) is 4.88 Å². The Morgan fingerprint density at radius 3 is 2.83 bits per heavy atom. The summed E-state index contributed by atoms with van der Waals surface area (Å²) in [5, 5.41) is 12.6. The van der Waals surface area contributed by atoms with Crippen LogP contribution in [-0.4, -0.2) is 4.92 Å². The highest BCUT2D eigenvalue weighted by molar-refractivity contribution is 7.09. The molecule has 0 amide bonds. The Kier molecular flexibility index (Phi) is 3.91. The lowest BCUT2D eigenvalue weighted by Gasteiger charge is -2.06. The van der Waals surface area contributed by atoms with Gasteiger partial charge in [-0.1, -0.05) is 6.07 Å². The number of nitrogens with zero attached hydrogens (tertiary/aromatic N) is 1. The lowest BCUT2D eigenvalue weighted by Crippen LogP contribution is -1.99. The number of nitrogen functional groups attached to an aromatic ring is 1. The van der Waals surface area contributed by atoms with Crippen LogP contribution < -0.4 is 5.73 Å². The molecule has 18 heavy (non-hydrogen) atoms. The highest BCUT2D eigenvalue weighted by atomic mass is 32.1. The molecule has 0 unspecified atom stereocenters. The average molecular weight is 264 g/mol. The van der Waals surface area contributed by atoms with Crippen molar-refractivity contribution in [2.45, 2.75) is 13.2 Å². The molecule has 0 aliphatic carbocycles. The van der Waals surface area contributed by atoms with Gasteiger partial charge in [0.05, 0.1) is 18.1 Å². The van der Waals surface area contributed by atoms with Crippen molar-refractivity contribution in [2.24, 2.45) is 0 Å². The van der Waals surface area contributed by atoms with E-state index in [2.05, 4.69) is 0 Å². The summed E-state index contributed by atoms with van der Waals surface area (Å²) in [6, 6.07) is 8.29. The lowest BCUT2D eigenvalue weighted by molar-refractivity contribution is -0.384.